The van der Waals surface area contributed by atoms with Gasteiger partial charge in [0.1, 0.15) is 4.99 Å². The summed E-state index contributed by atoms with van der Waals surface area (Å²) in [5.41, 5.74) is 6.90. The molecule has 0 saturated carbocycles. The molecule has 1 unspecified atom stereocenters. The Labute approximate surface area is 107 Å². The fourth-order valence-corrected chi connectivity index (χ4v) is 1.44. The van der Waals surface area contributed by atoms with E-state index in [-0.39, 0.29) is 5.91 Å². The van der Waals surface area contributed by atoms with Gasteiger partial charge in [0.15, 0.2) is 0 Å². The molecule has 0 bridgehead atoms. The highest BCUT2D eigenvalue weighted by Crippen LogP contribution is 2.05. The van der Waals surface area contributed by atoms with E-state index in [4.69, 9.17) is 18.0 Å². The number of carbonyl (C=O) groups excluding carboxylic acids is 1. The van der Waals surface area contributed by atoms with E-state index in [1.807, 2.05) is 0 Å². The molecule has 1 atom stereocenters. The van der Waals surface area contributed by atoms with E-state index in [1.54, 1.807) is 24.3 Å². The average molecular weight is 250 g/mol. The van der Waals surface area contributed by atoms with E-state index >= 15 is 0 Å². The molecule has 0 saturated heterocycles. The number of amides is 1. The van der Waals surface area contributed by atoms with Crippen molar-refractivity contribution in [3.05, 3.63) is 35.4 Å². The Hall–Kier alpha value is -1.42. The van der Waals surface area contributed by atoms with Crippen LogP contribution in [-0.2, 0) is 0 Å². The normalized spacial score (nSPS) is 11.9. The van der Waals surface area contributed by atoms with Crippen molar-refractivity contribution >= 4 is 23.1 Å². The smallest absolute Gasteiger partial charge is 0.251 e. The monoisotopic (exact) mass is 250 g/mol. The van der Waals surface area contributed by atoms with Crippen LogP contribution in [0.25, 0.3) is 0 Å². The van der Waals surface area contributed by atoms with Gasteiger partial charge >= 0.3 is 0 Å². The quantitative estimate of drug-likeness (QED) is 0.787. The van der Waals surface area contributed by atoms with Crippen LogP contribution in [0.5, 0.6) is 0 Å². The first-order valence-electron chi connectivity index (χ1n) is 5.72. The molecular weight excluding hydrogens is 232 g/mol. The van der Waals surface area contributed by atoms with Crippen molar-refractivity contribution < 1.29 is 4.79 Å². The number of nitrogens with one attached hydrogen (secondary N) is 1. The predicted molar refractivity (Wildman–Crippen MR) is 74.1 cm³/mol. The van der Waals surface area contributed by atoms with Crippen molar-refractivity contribution in [1.82, 2.24) is 5.32 Å². The van der Waals surface area contributed by atoms with E-state index in [0.29, 0.717) is 23.0 Å². The van der Waals surface area contributed by atoms with Gasteiger partial charge in [0.25, 0.3) is 5.91 Å². The second-order valence-electron chi connectivity index (χ2n) is 4.17. The number of hydrogen-bond acceptors (Lipinski definition) is 2. The van der Waals surface area contributed by atoms with E-state index in [2.05, 4.69) is 19.2 Å². The fourth-order valence-electron chi connectivity index (χ4n) is 1.30. The van der Waals surface area contributed by atoms with Gasteiger partial charge in [-0.15, -0.1) is 0 Å². The van der Waals surface area contributed by atoms with Crippen molar-refractivity contribution in [2.24, 2.45) is 11.7 Å². The van der Waals surface area contributed by atoms with E-state index in [9.17, 15) is 4.79 Å². The molecule has 4 heteroatoms. The minimum atomic E-state index is -0.0558. The van der Waals surface area contributed by atoms with E-state index in [1.165, 1.54) is 0 Å². The average Bonchev–Trinajstić information content (AvgIpc) is 2.35. The van der Waals surface area contributed by atoms with Crippen molar-refractivity contribution in [3.63, 3.8) is 0 Å². The minimum absolute atomic E-state index is 0.0558. The van der Waals surface area contributed by atoms with Crippen molar-refractivity contribution in [2.75, 3.05) is 6.54 Å². The molecule has 0 aliphatic rings. The van der Waals surface area contributed by atoms with Crippen LogP contribution in [0.3, 0.4) is 0 Å². The van der Waals surface area contributed by atoms with Gasteiger partial charge in [0, 0.05) is 17.7 Å². The van der Waals surface area contributed by atoms with Crippen LogP contribution >= 0.6 is 12.2 Å². The molecule has 1 rings (SSSR count). The summed E-state index contributed by atoms with van der Waals surface area (Å²) in [6, 6.07) is 7.00. The lowest BCUT2D eigenvalue weighted by molar-refractivity contribution is 0.0948. The topological polar surface area (TPSA) is 55.1 Å². The lowest BCUT2D eigenvalue weighted by Crippen LogP contribution is -2.28. The van der Waals surface area contributed by atoms with Gasteiger partial charge in [-0.1, -0.05) is 44.6 Å². The highest BCUT2D eigenvalue weighted by atomic mass is 32.1. The summed E-state index contributed by atoms with van der Waals surface area (Å²) in [4.78, 5) is 12.1. The predicted octanol–water partition coefficient (Wildman–Crippen LogP) is 2.10. The highest BCUT2D eigenvalue weighted by molar-refractivity contribution is 7.80. The third kappa shape index (κ3) is 4.15. The molecule has 1 aromatic rings. The standard InChI is InChI=1S/C13H18N2OS/c1-3-9(2)8-15-13(16)11-6-4-10(5-7-11)12(14)17/h4-7,9H,3,8H2,1-2H3,(H2,14,17)(H,15,16). The summed E-state index contributed by atoms with van der Waals surface area (Å²) in [5.74, 6) is 0.439. The molecule has 0 aliphatic heterocycles. The number of rotatable bonds is 5. The minimum Gasteiger partial charge on any atom is -0.389 e. The van der Waals surface area contributed by atoms with E-state index < -0.39 is 0 Å². The van der Waals surface area contributed by atoms with Gasteiger partial charge in [-0.2, -0.15) is 0 Å². The maximum absolute atomic E-state index is 11.8. The molecule has 1 amide bonds. The summed E-state index contributed by atoms with van der Waals surface area (Å²) in [6.07, 6.45) is 1.06. The first kappa shape index (κ1) is 13.6. The molecule has 0 aromatic heterocycles. The zero-order valence-electron chi connectivity index (χ0n) is 10.2. The first-order chi connectivity index (χ1) is 8.04. The second kappa shape index (κ2) is 6.35. The molecular formula is C13H18N2OS. The van der Waals surface area contributed by atoms with Crippen LogP contribution in [0.15, 0.2) is 24.3 Å². The third-order valence-corrected chi connectivity index (χ3v) is 2.98. The number of benzene rings is 1. The number of nitrogens with two attached hydrogens (primary N) is 1. The Morgan fingerprint density at radius 1 is 1.35 bits per heavy atom. The van der Waals surface area contributed by atoms with Gasteiger partial charge < -0.3 is 11.1 Å². The molecule has 1 aromatic carbocycles. The number of hydrogen-bond donors (Lipinski definition) is 2. The number of carbonyl (C=O) groups is 1. The van der Waals surface area contributed by atoms with Gasteiger partial charge in [-0.05, 0) is 18.1 Å². The summed E-state index contributed by atoms with van der Waals surface area (Å²) in [7, 11) is 0. The van der Waals surface area contributed by atoms with Gasteiger partial charge in [0.2, 0.25) is 0 Å². The molecule has 0 spiro atoms. The van der Waals surface area contributed by atoms with Crippen LogP contribution in [0, 0.1) is 5.92 Å². The third-order valence-electron chi connectivity index (χ3n) is 2.74. The molecule has 92 valence electrons. The Morgan fingerprint density at radius 2 is 1.88 bits per heavy atom. The van der Waals surface area contributed by atoms with Crippen LogP contribution in [0.4, 0.5) is 0 Å². The van der Waals surface area contributed by atoms with Gasteiger partial charge in [-0.3, -0.25) is 4.79 Å². The lowest BCUT2D eigenvalue weighted by Gasteiger charge is -2.10. The molecule has 0 aliphatic carbocycles. The highest BCUT2D eigenvalue weighted by Gasteiger charge is 2.07. The number of thiocarbonyl (C=S) groups is 1. The Morgan fingerprint density at radius 3 is 2.35 bits per heavy atom. The zero-order chi connectivity index (χ0) is 12.8. The largest absolute Gasteiger partial charge is 0.389 e. The summed E-state index contributed by atoms with van der Waals surface area (Å²) < 4.78 is 0. The molecule has 3 N–H and O–H groups in total. The van der Waals surface area contributed by atoms with Crippen LogP contribution < -0.4 is 11.1 Å². The molecule has 3 nitrogen and oxygen atoms in total. The maximum atomic E-state index is 11.8. The molecule has 0 radical (unpaired) electrons. The molecule has 17 heavy (non-hydrogen) atoms. The molecule has 0 fully saturated rings. The van der Waals surface area contributed by atoms with Gasteiger partial charge in [-0.25, -0.2) is 0 Å². The SMILES string of the molecule is CCC(C)CNC(=O)c1ccc(C(N)=S)cc1. The second-order valence-corrected chi connectivity index (χ2v) is 4.60. The Kier molecular flexibility index (Phi) is 5.10. The van der Waals surface area contributed by atoms with Crippen LogP contribution in [-0.4, -0.2) is 17.4 Å². The van der Waals surface area contributed by atoms with Crippen molar-refractivity contribution in [2.45, 2.75) is 20.3 Å². The maximum Gasteiger partial charge on any atom is 0.251 e. The summed E-state index contributed by atoms with van der Waals surface area (Å²) in [6.45, 7) is 4.91. The zero-order valence-corrected chi connectivity index (χ0v) is 11.0. The fraction of sp³-hybridized carbons (Fsp3) is 0.385. The summed E-state index contributed by atoms with van der Waals surface area (Å²) in [5, 5.41) is 2.90. The first-order valence-corrected chi connectivity index (χ1v) is 6.13. The van der Waals surface area contributed by atoms with Crippen LogP contribution in [0.1, 0.15) is 36.2 Å². The van der Waals surface area contributed by atoms with E-state index in [0.717, 1.165) is 12.0 Å². The Balaban J connectivity index is 2.61. The summed E-state index contributed by atoms with van der Waals surface area (Å²) >= 11 is 4.85. The van der Waals surface area contributed by atoms with Crippen molar-refractivity contribution in [1.29, 1.82) is 0 Å². The van der Waals surface area contributed by atoms with Crippen LogP contribution in [0.2, 0.25) is 0 Å². The Bertz CT molecular complexity index is 400. The van der Waals surface area contributed by atoms with Gasteiger partial charge in [0.05, 0.1) is 0 Å². The molecule has 0 heterocycles. The van der Waals surface area contributed by atoms with Crippen molar-refractivity contribution in [3.8, 4) is 0 Å². The lowest BCUT2D eigenvalue weighted by atomic mass is 10.1.